The summed E-state index contributed by atoms with van der Waals surface area (Å²) in [6, 6.07) is 1.24. The molecule has 1 aliphatic heterocycles. The number of hydrogen-bond donors (Lipinski definition) is 6. The van der Waals surface area contributed by atoms with Crippen LogP contribution in [0.2, 0.25) is 0 Å². The van der Waals surface area contributed by atoms with Crippen molar-refractivity contribution in [2.75, 3.05) is 25.6 Å². The van der Waals surface area contributed by atoms with Crippen LogP contribution in [0.4, 0.5) is 5.82 Å². The van der Waals surface area contributed by atoms with Gasteiger partial charge in [-0.1, -0.05) is 140 Å². The number of aliphatic hydroxyl groups excluding tert-OH is 3. The predicted octanol–water partition coefficient (Wildman–Crippen LogP) is 8.21. The normalized spacial score (nSPS) is 20.4. The number of hydrogen-bond acceptors (Lipinski definition) is 16. The van der Waals surface area contributed by atoms with Crippen LogP contribution in [0.3, 0.4) is 0 Å². The van der Waals surface area contributed by atoms with Crippen LogP contribution < -0.4 is 11.4 Å². The Balaban J connectivity index is 1.86. The van der Waals surface area contributed by atoms with Crippen molar-refractivity contribution in [3.63, 3.8) is 0 Å². The van der Waals surface area contributed by atoms with Gasteiger partial charge in [0, 0.05) is 19.0 Å². The fourth-order valence-electron chi connectivity index (χ4n) is 6.86. The van der Waals surface area contributed by atoms with Crippen LogP contribution in [0, 0.1) is 5.92 Å². The molecule has 0 radical (unpaired) electrons. The van der Waals surface area contributed by atoms with Gasteiger partial charge in [-0.25, -0.2) is 13.9 Å². The first-order valence-electron chi connectivity index (χ1n) is 24.1. The van der Waals surface area contributed by atoms with Gasteiger partial charge in [-0.3, -0.25) is 23.2 Å². The minimum absolute atomic E-state index is 0.00851. The summed E-state index contributed by atoms with van der Waals surface area (Å²) in [6.07, 6.45) is 25.4. The maximum Gasteiger partial charge on any atom is 0.481 e. The Labute approximate surface area is 402 Å². The SMILES string of the molecule is CCCCC/C=C\C/C=C\CC(O)/C=C\C=C\CCCC(=O)OC[C@H](COP(=O)(O)OP(=O)(O)OC[C@H]1O[C@@H](n2ccc(N)nc2=O)[C@H](O)[C@@H]1O)OC(=O)CCCCCCCCCCCC(C)C. The molecule has 2 heterocycles. The third kappa shape index (κ3) is 28.4. The molecule has 0 amide bonds. The van der Waals surface area contributed by atoms with Gasteiger partial charge in [0.25, 0.3) is 0 Å². The van der Waals surface area contributed by atoms with E-state index in [-0.39, 0.29) is 18.7 Å². The second-order valence-electron chi connectivity index (χ2n) is 17.3. The zero-order valence-electron chi connectivity index (χ0n) is 40.2. The van der Waals surface area contributed by atoms with E-state index in [1.165, 1.54) is 57.4 Å². The molecule has 7 N–H and O–H groups in total. The Morgan fingerprint density at radius 3 is 2.16 bits per heavy atom. The number of carbonyl (C=O) groups excluding carboxylic acids is 2. The van der Waals surface area contributed by atoms with Crippen molar-refractivity contribution in [2.24, 2.45) is 5.92 Å². The van der Waals surface area contributed by atoms with E-state index in [1.807, 2.05) is 18.2 Å². The molecule has 68 heavy (non-hydrogen) atoms. The zero-order chi connectivity index (χ0) is 50.2. The second-order valence-corrected chi connectivity index (χ2v) is 20.3. The van der Waals surface area contributed by atoms with Gasteiger partial charge < -0.3 is 45.1 Å². The van der Waals surface area contributed by atoms with Gasteiger partial charge >= 0.3 is 33.3 Å². The highest BCUT2D eigenvalue weighted by atomic mass is 31.3. The number of aliphatic hydroxyl groups is 3. The fraction of sp³-hybridized carbons (Fsp3) is 0.702. The summed E-state index contributed by atoms with van der Waals surface area (Å²) in [7, 11) is -10.9. The average Bonchev–Trinajstić information content (AvgIpc) is 3.55. The summed E-state index contributed by atoms with van der Waals surface area (Å²) in [5, 5.41) is 31.0. The van der Waals surface area contributed by atoms with Crippen LogP contribution in [0.1, 0.15) is 155 Å². The summed E-state index contributed by atoms with van der Waals surface area (Å²) in [6.45, 7) is 4.22. The molecule has 21 heteroatoms. The van der Waals surface area contributed by atoms with Crippen molar-refractivity contribution in [1.29, 1.82) is 0 Å². The lowest BCUT2D eigenvalue weighted by Crippen LogP contribution is -2.36. The molecule has 1 aliphatic rings. The maximum atomic E-state index is 12.8. The van der Waals surface area contributed by atoms with Crippen molar-refractivity contribution >= 4 is 33.4 Å². The molecule has 0 spiro atoms. The third-order valence-electron chi connectivity index (χ3n) is 10.7. The van der Waals surface area contributed by atoms with Gasteiger partial charge in [0.05, 0.1) is 19.3 Å². The number of allylic oxidation sites excluding steroid dienone is 6. The molecule has 1 aromatic rings. The van der Waals surface area contributed by atoms with Gasteiger partial charge in [0.15, 0.2) is 12.3 Å². The minimum Gasteiger partial charge on any atom is -0.462 e. The van der Waals surface area contributed by atoms with Gasteiger partial charge in [0.1, 0.15) is 30.7 Å². The first-order valence-corrected chi connectivity index (χ1v) is 27.1. The van der Waals surface area contributed by atoms with Crippen LogP contribution in [0.25, 0.3) is 0 Å². The first kappa shape index (κ1) is 60.8. The van der Waals surface area contributed by atoms with Crippen LogP contribution >= 0.6 is 15.6 Å². The Kier molecular flexibility index (Phi) is 31.2. The minimum atomic E-state index is -5.45. The van der Waals surface area contributed by atoms with Crippen LogP contribution in [0.5, 0.6) is 0 Å². The number of phosphoric ester groups is 2. The Hall–Kier alpha value is -3.32. The molecule has 0 aromatic carbocycles. The smallest absolute Gasteiger partial charge is 0.462 e. The van der Waals surface area contributed by atoms with E-state index in [1.54, 1.807) is 18.2 Å². The lowest BCUT2D eigenvalue weighted by molar-refractivity contribution is -0.161. The molecular formula is C47H79N3O16P2. The van der Waals surface area contributed by atoms with Crippen molar-refractivity contribution in [2.45, 2.75) is 186 Å². The standard InChI is InChI=1S/C47H79N3O16P2/c1-4-5-6-7-8-10-14-18-23-28-38(51)29-24-19-16-21-25-30-42(52)61-34-39(64-43(53)31-26-20-15-12-9-11-13-17-22-27-37(2)3)35-62-67(57,58)66-68(59,60)63-36-40-44(54)45(55)46(65-40)50-33-32-41(48)49-47(50)56/h8,10,16,18-19,23-24,29,32-33,37-40,44-46,51,54-55H,4-7,9,11-15,17,20-22,25-28,30-31,34-36H2,1-3H3,(H,57,58)(H,59,60)(H2,48,49,56)/b10-8-,19-16+,23-18-,29-24-/t38?,39-,40-,44-,45-,46-/m1/s1. The largest absolute Gasteiger partial charge is 0.481 e. The molecule has 0 aliphatic carbocycles. The van der Waals surface area contributed by atoms with Gasteiger partial charge in [-0.2, -0.15) is 9.29 Å². The van der Waals surface area contributed by atoms with E-state index in [9.17, 15) is 48.6 Å². The lowest BCUT2D eigenvalue weighted by atomic mass is 10.0. The number of carbonyl (C=O) groups is 2. The molecule has 2 rings (SSSR count). The van der Waals surface area contributed by atoms with E-state index in [4.69, 9.17) is 29.0 Å². The molecular weight excluding hydrogens is 924 g/mol. The van der Waals surface area contributed by atoms with Crippen molar-refractivity contribution in [1.82, 2.24) is 9.55 Å². The first-order chi connectivity index (χ1) is 32.4. The van der Waals surface area contributed by atoms with Crippen molar-refractivity contribution in [3.05, 3.63) is 71.4 Å². The molecule has 19 nitrogen and oxygen atoms in total. The highest BCUT2D eigenvalue weighted by Gasteiger charge is 2.46. The van der Waals surface area contributed by atoms with E-state index < -0.39 is 89.8 Å². The Morgan fingerprint density at radius 1 is 0.824 bits per heavy atom. The van der Waals surface area contributed by atoms with E-state index in [2.05, 4.69) is 42.2 Å². The van der Waals surface area contributed by atoms with Crippen molar-refractivity contribution < 1.29 is 71.4 Å². The predicted molar refractivity (Wildman–Crippen MR) is 258 cm³/mol. The number of aromatic nitrogens is 2. The Bertz CT molecular complexity index is 1860. The number of rotatable bonds is 38. The summed E-state index contributed by atoms with van der Waals surface area (Å²) in [5.41, 5.74) is 4.57. The third-order valence-corrected chi connectivity index (χ3v) is 13.3. The topological polar surface area (TPSA) is 286 Å². The Morgan fingerprint density at radius 2 is 1.47 bits per heavy atom. The fourth-order valence-corrected chi connectivity index (χ4v) is 8.97. The summed E-state index contributed by atoms with van der Waals surface area (Å²) < 4.78 is 56.5. The number of nitrogen functional groups attached to an aromatic ring is 1. The number of anilines is 1. The number of nitrogens with zero attached hydrogens (tertiary/aromatic N) is 2. The highest BCUT2D eigenvalue weighted by molar-refractivity contribution is 7.61. The molecule has 1 saturated heterocycles. The van der Waals surface area contributed by atoms with E-state index >= 15 is 0 Å². The molecule has 3 unspecified atom stereocenters. The zero-order valence-corrected chi connectivity index (χ0v) is 42.0. The van der Waals surface area contributed by atoms with Gasteiger partial charge in [-0.15, -0.1) is 0 Å². The van der Waals surface area contributed by atoms with Gasteiger partial charge in [0.2, 0.25) is 0 Å². The summed E-state index contributed by atoms with van der Waals surface area (Å²) in [5.74, 6) is -0.716. The average molecular weight is 1000 g/mol. The summed E-state index contributed by atoms with van der Waals surface area (Å²) in [4.78, 5) is 61.7. The van der Waals surface area contributed by atoms with Crippen LogP contribution in [-0.2, 0) is 46.3 Å². The second kappa shape index (κ2) is 34.9. The molecule has 0 saturated carbocycles. The lowest BCUT2D eigenvalue weighted by Gasteiger charge is -2.21. The molecule has 1 fully saturated rings. The number of nitrogens with two attached hydrogens (primary N) is 1. The monoisotopic (exact) mass is 1000 g/mol. The maximum absolute atomic E-state index is 12.8. The highest BCUT2D eigenvalue weighted by Crippen LogP contribution is 2.60. The number of esters is 2. The van der Waals surface area contributed by atoms with E-state index in [0.717, 1.165) is 55.2 Å². The molecule has 1 aromatic heterocycles. The molecule has 0 bridgehead atoms. The quantitative estimate of drug-likeness (QED) is 0.0120. The van der Waals surface area contributed by atoms with Crippen LogP contribution in [0.15, 0.2) is 65.7 Å². The number of ether oxygens (including phenoxy) is 3. The van der Waals surface area contributed by atoms with Crippen molar-refractivity contribution in [3.8, 4) is 0 Å². The molecule has 8 atom stereocenters. The summed E-state index contributed by atoms with van der Waals surface area (Å²) >= 11 is 0. The van der Waals surface area contributed by atoms with Gasteiger partial charge in [-0.05, 0) is 56.9 Å². The number of phosphoric acid groups is 2. The van der Waals surface area contributed by atoms with E-state index in [0.29, 0.717) is 25.7 Å². The molecule has 388 valence electrons. The van der Waals surface area contributed by atoms with Crippen LogP contribution in [-0.4, -0.2) is 96.9 Å². The number of unbranched alkanes of at least 4 members (excludes halogenated alkanes) is 12.